The number of fused-ring (bicyclic) bond motifs is 1. The van der Waals surface area contributed by atoms with Crippen LogP contribution in [0.5, 0.6) is 0 Å². The number of pyridine rings is 1. The summed E-state index contributed by atoms with van der Waals surface area (Å²) >= 11 is 0. The van der Waals surface area contributed by atoms with Crippen LogP contribution in [0.4, 0.5) is 0 Å². The van der Waals surface area contributed by atoms with Gasteiger partial charge in [-0.1, -0.05) is 6.92 Å². The maximum atomic E-state index is 5.76. The second-order valence-electron chi connectivity index (χ2n) is 4.57. The minimum Gasteiger partial charge on any atom is -0.439 e. The number of aryl methyl sites for hydroxylation is 1. The standard InChI is InChI=1S/C12H15N3O/c1-7-5-13-6-9(7)12-15-11-10(16-12)4-3-8(2)14-11/h3-4,7,9,13H,5-6H2,1-2H3. The molecule has 1 saturated heterocycles. The van der Waals surface area contributed by atoms with Crippen molar-refractivity contribution in [2.24, 2.45) is 5.92 Å². The quantitative estimate of drug-likeness (QED) is 0.792. The molecule has 0 saturated carbocycles. The van der Waals surface area contributed by atoms with Gasteiger partial charge in [-0.2, -0.15) is 4.98 Å². The maximum Gasteiger partial charge on any atom is 0.201 e. The van der Waals surface area contributed by atoms with Crippen LogP contribution in [-0.4, -0.2) is 23.1 Å². The van der Waals surface area contributed by atoms with Crippen molar-refractivity contribution in [3.63, 3.8) is 0 Å². The molecular formula is C12H15N3O. The molecule has 2 aromatic rings. The van der Waals surface area contributed by atoms with E-state index in [0.717, 1.165) is 35.9 Å². The highest BCUT2D eigenvalue weighted by molar-refractivity contribution is 5.67. The van der Waals surface area contributed by atoms with Crippen molar-refractivity contribution in [1.29, 1.82) is 0 Å². The van der Waals surface area contributed by atoms with Crippen LogP contribution < -0.4 is 5.32 Å². The van der Waals surface area contributed by atoms with E-state index in [0.29, 0.717) is 11.8 Å². The summed E-state index contributed by atoms with van der Waals surface area (Å²) < 4.78 is 5.76. The van der Waals surface area contributed by atoms with Crippen LogP contribution in [0.3, 0.4) is 0 Å². The van der Waals surface area contributed by atoms with Crippen LogP contribution in [0.1, 0.15) is 24.4 Å². The Morgan fingerprint density at radius 3 is 2.94 bits per heavy atom. The van der Waals surface area contributed by atoms with E-state index in [9.17, 15) is 0 Å². The molecule has 2 atom stereocenters. The van der Waals surface area contributed by atoms with Crippen LogP contribution in [-0.2, 0) is 0 Å². The van der Waals surface area contributed by atoms with Crippen LogP contribution in [0.15, 0.2) is 16.5 Å². The normalized spacial score (nSPS) is 25.4. The highest BCUT2D eigenvalue weighted by atomic mass is 16.3. The Labute approximate surface area is 94.1 Å². The second-order valence-corrected chi connectivity index (χ2v) is 4.57. The van der Waals surface area contributed by atoms with E-state index in [1.54, 1.807) is 0 Å². The zero-order chi connectivity index (χ0) is 11.1. The SMILES string of the molecule is Cc1ccc2oc(C3CNCC3C)nc2n1. The first kappa shape index (κ1) is 9.78. The van der Waals surface area contributed by atoms with E-state index in [2.05, 4.69) is 22.2 Å². The third-order valence-corrected chi connectivity index (χ3v) is 3.24. The fourth-order valence-electron chi connectivity index (χ4n) is 2.23. The fourth-order valence-corrected chi connectivity index (χ4v) is 2.23. The number of aromatic nitrogens is 2. The topological polar surface area (TPSA) is 51.0 Å². The Balaban J connectivity index is 2.04. The van der Waals surface area contributed by atoms with Gasteiger partial charge >= 0.3 is 0 Å². The van der Waals surface area contributed by atoms with Gasteiger partial charge in [0.05, 0.1) is 5.92 Å². The number of nitrogens with zero attached hydrogens (tertiary/aromatic N) is 2. The first-order valence-electron chi connectivity index (χ1n) is 5.69. The van der Waals surface area contributed by atoms with Gasteiger partial charge in [-0.3, -0.25) is 0 Å². The van der Waals surface area contributed by atoms with Gasteiger partial charge in [0, 0.05) is 12.2 Å². The molecular weight excluding hydrogens is 202 g/mol. The largest absolute Gasteiger partial charge is 0.439 e. The molecule has 0 aliphatic carbocycles. The molecule has 0 bridgehead atoms. The number of hydrogen-bond donors (Lipinski definition) is 1. The fraction of sp³-hybridized carbons (Fsp3) is 0.500. The smallest absolute Gasteiger partial charge is 0.201 e. The van der Waals surface area contributed by atoms with Gasteiger partial charge in [-0.15, -0.1) is 0 Å². The first-order valence-corrected chi connectivity index (χ1v) is 5.69. The van der Waals surface area contributed by atoms with Gasteiger partial charge in [0.25, 0.3) is 0 Å². The average Bonchev–Trinajstić information content (AvgIpc) is 2.82. The van der Waals surface area contributed by atoms with E-state index in [1.165, 1.54) is 0 Å². The zero-order valence-electron chi connectivity index (χ0n) is 9.53. The van der Waals surface area contributed by atoms with Gasteiger partial charge in [0.1, 0.15) is 0 Å². The molecule has 0 spiro atoms. The lowest BCUT2D eigenvalue weighted by molar-refractivity contribution is 0.435. The summed E-state index contributed by atoms with van der Waals surface area (Å²) in [6.45, 7) is 6.18. The van der Waals surface area contributed by atoms with Crippen molar-refractivity contribution < 1.29 is 4.42 Å². The van der Waals surface area contributed by atoms with E-state index in [1.807, 2.05) is 19.1 Å². The lowest BCUT2D eigenvalue weighted by Gasteiger charge is -2.08. The van der Waals surface area contributed by atoms with Gasteiger partial charge in [-0.05, 0) is 31.5 Å². The summed E-state index contributed by atoms with van der Waals surface area (Å²) in [5.41, 5.74) is 2.50. The molecule has 2 aromatic heterocycles. The molecule has 16 heavy (non-hydrogen) atoms. The number of oxazole rings is 1. The van der Waals surface area contributed by atoms with E-state index in [-0.39, 0.29) is 0 Å². The van der Waals surface area contributed by atoms with Crippen molar-refractivity contribution >= 4 is 11.2 Å². The lowest BCUT2D eigenvalue weighted by atomic mass is 9.98. The Bertz CT molecular complexity index is 520. The molecule has 0 radical (unpaired) electrons. The molecule has 1 N–H and O–H groups in total. The van der Waals surface area contributed by atoms with Gasteiger partial charge < -0.3 is 9.73 Å². The molecule has 2 unspecified atom stereocenters. The van der Waals surface area contributed by atoms with Gasteiger partial charge in [0.2, 0.25) is 5.89 Å². The molecule has 4 nitrogen and oxygen atoms in total. The molecule has 0 amide bonds. The monoisotopic (exact) mass is 217 g/mol. The van der Waals surface area contributed by atoms with Crippen LogP contribution in [0, 0.1) is 12.8 Å². The summed E-state index contributed by atoms with van der Waals surface area (Å²) in [7, 11) is 0. The van der Waals surface area contributed by atoms with Gasteiger partial charge in [0.15, 0.2) is 11.2 Å². The number of hydrogen-bond acceptors (Lipinski definition) is 4. The minimum atomic E-state index is 0.384. The highest BCUT2D eigenvalue weighted by Gasteiger charge is 2.29. The highest BCUT2D eigenvalue weighted by Crippen LogP contribution is 2.29. The predicted molar refractivity (Wildman–Crippen MR) is 61.3 cm³/mol. The minimum absolute atomic E-state index is 0.384. The predicted octanol–water partition coefficient (Wildman–Crippen LogP) is 1.85. The Morgan fingerprint density at radius 1 is 1.31 bits per heavy atom. The lowest BCUT2D eigenvalue weighted by Crippen LogP contribution is -2.08. The van der Waals surface area contributed by atoms with Crippen LogP contribution in [0.25, 0.3) is 11.2 Å². The number of rotatable bonds is 1. The third-order valence-electron chi connectivity index (χ3n) is 3.24. The van der Waals surface area contributed by atoms with Crippen LogP contribution >= 0.6 is 0 Å². The van der Waals surface area contributed by atoms with Crippen molar-refractivity contribution in [2.45, 2.75) is 19.8 Å². The Hall–Kier alpha value is -1.42. The van der Waals surface area contributed by atoms with Crippen molar-refractivity contribution in [2.75, 3.05) is 13.1 Å². The second kappa shape index (κ2) is 3.56. The summed E-state index contributed by atoms with van der Waals surface area (Å²) in [4.78, 5) is 8.86. The molecule has 84 valence electrons. The first-order chi connectivity index (χ1) is 7.74. The summed E-state index contributed by atoms with van der Waals surface area (Å²) in [6, 6.07) is 3.90. The molecule has 3 rings (SSSR count). The number of nitrogens with one attached hydrogen (secondary N) is 1. The molecule has 0 aromatic carbocycles. The molecule has 3 heterocycles. The zero-order valence-corrected chi connectivity index (χ0v) is 9.53. The van der Waals surface area contributed by atoms with E-state index < -0.39 is 0 Å². The van der Waals surface area contributed by atoms with Gasteiger partial charge in [-0.25, -0.2) is 4.98 Å². The maximum absolute atomic E-state index is 5.76. The van der Waals surface area contributed by atoms with Crippen LogP contribution in [0.2, 0.25) is 0 Å². The molecule has 1 aliphatic heterocycles. The third kappa shape index (κ3) is 1.50. The molecule has 1 aliphatic rings. The summed E-state index contributed by atoms with van der Waals surface area (Å²) in [5.74, 6) is 1.79. The average molecular weight is 217 g/mol. The Morgan fingerprint density at radius 2 is 2.19 bits per heavy atom. The van der Waals surface area contributed by atoms with E-state index in [4.69, 9.17) is 4.42 Å². The van der Waals surface area contributed by atoms with E-state index >= 15 is 0 Å². The summed E-state index contributed by atoms with van der Waals surface area (Å²) in [6.07, 6.45) is 0. The Kier molecular flexibility index (Phi) is 2.17. The molecule has 1 fully saturated rings. The van der Waals surface area contributed by atoms with Crippen molar-refractivity contribution in [3.8, 4) is 0 Å². The summed E-state index contributed by atoms with van der Waals surface area (Å²) in [5, 5.41) is 3.36. The van der Waals surface area contributed by atoms with Crippen molar-refractivity contribution in [3.05, 3.63) is 23.7 Å². The molecule has 4 heteroatoms. The van der Waals surface area contributed by atoms with Crippen molar-refractivity contribution in [1.82, 2.24) is 15.3 Å².